The third-order valence-corrected chi connectivity index (χ3v) is 4.51. The quantitative estimate of drug-likeness (QED) is 0.668. The molecule has 0 unspecified atom stereocenters. The minimum Gasteiger partial charge on any atom is -0.386 e. The molecule has 2 aromatic carbocycles. The van der Waals surface area contributed by atoms with Crippen molar-refractivity contribution in [2.45, 2.75) is 78.7 Å². The Hall–Kier alpha value is -1.60. The number of aryl methyl sites for hydroxylation is 1. The second kappa shape index (κ2) is 8.67. The molecule has 0 fully saturated rings. The zero-order valence-corrected chi connectivity index (χ0v) is 17.4. The Morgan fingerprint density at radius 3 is 1.52 bits per heavy atom. The van der Waals surface area contributed by atoms with Crippen LogP contribution in [0.15, 0.2) is 48.5 Å². The molecular formula is C24H36O. The van der Waals surface area contributed by atoms with Gasteiger partial charge in [0.15, 0.2) is 0 Å². The van der Waals surface area contributed by atoms with Crippen LogP contribution in [0.4, 0.5) is 0 Å². The largest absolute Gasteiger partial charge is 0.386 e. The molecule has 138 valence electrons. The van der Waals surface area contributed by atoms with Crippen LogP contribution in [-0.4, -0.2) is 5.11 Å². The van der Waals surface area contributed by atoms with Gasteiger partial charge in [0.05, 0.1) is 5.60 Å². The Morgan fingerprint density at radius 2 is 1.20 bits per heavy atom. The van der Waals surface area contributed by atoms with Crippen LogP contribution in [-0.2, 0) is 17.4 Å². The maximum absolute atomic E-state index is 9.65. The van der Waals surface area contributed by atoms with Crippen molar-refractivity contribution in [3.8, 4) is 0 Å². The summed E-state index contributed by atoms with van der Waals surface area (Å²) in [6, 6.07) is 17.1. The fourth-order valence-electron chi connectivity index (χ4n) is 2.52. The Morgan fingerprint density at radius 1 is 0.760 bits per heavy atom. The van der Waals surface area contributed by atoms with Crippen molar-refractivity contribution in [2.24, 2.45) is 0 Å². The van der Waals surface area contributed by atoms with E-state index in [1.165, 1.54) is 16.7 Å². The van der Waals surface area contributed by atoms with Crippen molar-refractivity contribution in [1.82, 2.24) is 0 Å². The maximum Gasteiger partial charge on any atom is 0.0840 e. The minimum absolute atomic E-state index is 0.273. The zero-order chi connectivity index (χ0) is 19.3. The second-order valence-electron chi connectivity index (χ2n) is 8.64. The van der Waals surface area contributed by atoms with Crippen LogP contribution in [0, 0.1) is 0 Å². The van der Waals surface area contributed by atoms with Gasteiger partial charge in [0.2, 0.25) is 0 Å². The van der Waals surface area contributed by atoms with E-state index in [4.69, 9.17) is 0 Å². The molecule has 0 aliphatic carbocycles. The molecule has 0 radical (unpaired) electrons. The monoisotopic (exact) mass is 340 g/mol. The summed E-state index contributed by atoms with van der Waals surface area (Å²) in [5.41, 5.74) is 4.68. The first-order valence-electron chi connectivity index (χ1n) is 9.37. The molecule has 1 N–H and O–H groups in total. The van der Waals surface area contributed by atoms with Gasteiger partial charge in [0.25, 0.3) is 0 Å². The summed E-state index contributed by atoms with van der Waals surface area (Å²) < 4.78 is 0. The van der Waals surface area contributed by atoms with E-state index in [9.17, 15) is 5.11 Å². The van der Waals surface area contributed by atoms with E-state index in [0.29, 0.717) is 5.92 Å². The number of rotatable bonds is 3. The predicted molar refractivity (Wildman–Crippen MR) is 110 cm³/mol. The molecular weight excluding hydrogens is 304 g/mol. The molecule has 0 saturated heterocycles. The van der Waals surface area contributed by atoms with Crippen LogP contribution in [0.3, 0.4) is 0 Å². The molecule has 0 saturated carbocycles. The van der Waals surface area contributed by atoms with E-state index in [1.54, 1.807) is 13.8 Å². The molecule has 0 aromatic heterocycles. The summed E-state index contributed by atoms with van der Waals surface area (Å²) in [7, 11) is 0. The number of hydrogen-bond acceptors (Lipinski definition) is 1. The average molecular weight is 341 g/mol. The molecule has 0 amide bonds. The SMILES string of the molecule is CC(C)c1ccc(C(C)(C)C)cc1.CCc1ccc(C(C)(C)O)cc1. The summed E-state index contributed by atoms with van der Waals surface area (Å²) in [4.78, 5) is 0. The highest BCUT2D eigenvalue weighted by Crippen LogP contribution is 2.24. The normalized spacial score (nSPS) is 11.9. The maximum atomic E-state index is 9.65. The molecule has 0 atom stereocenters. The van der Waals surface area contributed by atoms with Crippen LogP contribution in [0.25, 0.3) is 0 Å². The first-order valence-corrected chi connectivity index (χ1v) is 9.37. The predicted octanol–water partition coefficient (Wildman–Crippen LogP) is 6.58. The van der Waals surface area contributed by atoms with Crippen molar-refractivity contribution in [3.63, 3.8) is 0 Å². The third-order valence-electron chi connectivity index (χ3n) is 4.51. The van der Waals surface area contributed by atoms with Gasteiger partial charge in [0.1, 0.15) is 0 Å². The van der Waals surface area contributed by atoms with Gasteiger partial charge in [-0.3, -0.25) is 0 Å². The van der Waals surface area contributed by atoms with E-state index in [0.717, 1.165) is 12.0 Å². The molecule has 1 heteroatoms. The van der Waals surface area contributed by atoms with Crippen LogP contribution < -0.4 is 0 Å². The van der Waals surface area contributed by atoms with Gasteiger partial charge in [-0.1, -0.05) is 90.1 Å². The van der Waals surface area contributed by atoms with E-state index < -0.39 is 5.60 Å². The third kappa shape index (κ3) is 7.04. The summed E-state index contributed by atoms with van der Waals surface area (Å²) in [6.07, 6.45) is 1.05. The highest BCUT2D eigenvalue weighted by molar-refractivity contribution is 5.29. The van der Waals surface area contributed by atoms with Crippen LogP contribution in [0.2, 0.25) is 0 Å². The highest BCUT2D eigenvalue weighted by Gasteiger charge is 2.14. The molecule has 2 aromatic rings. The lowest BCUT2D eigenvalue weighted by atomic mass is 9.86. The minimum atomic E-state index is -0.716. The number of aliphatic hydroxyl groups is 1. The molecule has 0 aliphatic rings. The second-order valence-corrected chi connectivity index (χ2v) is 8.64. The van der Waals surface area contributed by atoms with Crippen molar-refractivity contribution < 1.29 is 5.11 Å². The standard InChI is InChI=1S/C13H20.C11H16O/c1-10(2)11-6-8-12(9-7-11)13(3,4)5;1-4-9-5-7-10(8-6-9)11(2,3)12/h6-10H,1-5H3;5-8,12H,4H2,1-3H3. The molecule has 0 spiro atoms. The van der Waals surface area contributed by atoms with Crippen LogP contribution in [0.5, 0.6) is 0 Å². The molecule has 1 nitrogen and oxygen atoms in total. The average Bonchev–Trinajstić information content (AvgIpc) is 2.54. The fourth-order valence-corrected chi connectivity index (χ4v) is 2.52. The van der Waals surface area contributed by atoms with Crippen LogP contribution in [0.1, 0.15) is 83.6 Å². The Balaban J connectivity index is 0.000000251. The summed E-state index contributed by atoms with van der Waals surface area (Å²) >= 11 is 0. The number of benzene rings is 2. The van der Waals surface area contributed by atoms with Crippen LogP contribution >= 0.6 is 0 Å². The topological polar surface area (TPSA) is 20.2 Å². The smallest absolute Gasteiger partial charge is 0.0840 e. The lowest BCUT2D eigenvalue weighted by Gasteiger charge is -2.19. The van der Waals surface area contributed by atoms with Gasteiger partial charge in [-0.15, -0.1) is 0 Å². The van der Waals surface area contributed by atoms with Gasteiger partial charge in [-0.2, -0.15) is 0 Å². The fraction of sp³-hybridized carbons (Fsp3) is 0.500. The molecule has 0 bridgehead atoms. The van der Waals surface area contributed by atoms with Crippen molar-refractivity contribution in [3.05, 3.63) is 70.8 Å². The van der Waals surface area contributed by atoms with Gasteiger partial charge < -0.3 is 5.11 Å². The van der Waals surface area contributed by atoms with Crippen molar-refractivity contribution in [1.29, 1.82) is 0 Å². The van der Waals surface area contributed by atoms with E-state index >= 15 is 0 Å². The van der Waals surface area contributed by atoms with E-state index in [1.807, 2.05) is 12.1 Å². The van der Waals surface area contributed by atoms with Gasteiger partial charge in [-0.25, -0.2) is 0 Å². The summed E-state index contributed by atoms with van der Waals surface area (Å²) in [6.45, 7) is 16.9. The molecule has 25 heavy (non-hydrogen) atoms. The molecule has 2 rings (SSSR count). The first-order chi connectivity index (χ1) is 11.4. The van der Waals surface area contributed by atoms with E-state index in [2.05, 4.69) is 77.9 Å². The van der Waals surface area contributed by atoms with E-state index in [-0.39, 0.29) is 5.41 Å². The lowest BCUT2D eigenvalue weighted by Crippen LogP contribution is -2.15. The Labute approximate surface area is 155 Å². The molecule has 0 aliphatic heterocycles. The lowest BCUT2D eigenvalue weighted by molar-refractivity contribution is 0.0786. The van der Waals surface area contributed by atoms with Crippen molar-refractivity contribution in [2.75, 3.05) is 0 Å². The highest BCUT2D eigenvalue weighted by atomic mass is 16.3. The van der Waals surface area contributed by atoms with Crippen molar-refractivity contribution >= 4 is 0 Å². The Bertz CT molecular complexity index is 620. The summed E-state index contributed by atoms with van der Waals surface area (Å²) in [5, 5.41) is 9.65. The van der Waals surface area contributed by atoms with Gasteiger partial charge in [-0.05, 0) is 53.9 Å². The van der Waals surface area contributed by atoms with Gasteiger partial charge in [0, 0.05) is 0 Å². The number of hydrogen-bond donors (Lipinski definition) is 1. The summed E-state index contributed by atoms with van der Waals surface area (Å²) in [5.74, 6) is 0.633. The Kier molecular flexibility index (Phi) is 7.44. The zero-order valence-electron chi connectivity index (χ0n) is 17.4. The first kappa shape index (κ1) is 21.4. The van der Waals surface area contributed by atoms with Gasteiger partial charge >= 0.3 is 0 Å². The molecule has 0 heterocycles.